The Kier molecular flexibility index (Phi) is 4.46. The summed E-state index contributed by atoms with van der Waals surface area (Å²) >= 11 is 5.99. The molecule has 0 amide bonds. The summed E-state index contributed by atoms with van der Waals surface area (Å²) in [5.41, 5.74) is 8.17. The van der Waals surface area contributed by atoms with Crippen LogP contribution in [0.2, 0.25) is 5.02 Å². The molecule has 1 unspecified atom stereocenters. The molecule has 0 aromatic heterocycles. The Morgan fingerprint density at radius 2 is 2.00 bits per heavy atom. The maximum atomic E-state index is 6.03. The van der Waals surface area contributed by atoms with Crippen molar-refractivity contribution in [2.75, 3.05) is 0 Å². The summed E-state index contributed by atoms with van der Waals surface area (Å²) in [6.45, 7) is 4.06. The SMILES string of the molecule is CCC(N)c1cccc(Oc2cc(Cl)ccc2C)c1. The Morgan fingerprint density at radius 1 is 1.21 bits per heavy atom. The van der Waals surface area contributed by atoms with Gasteiger partial charge in [0.15, 0.2) is 0 Å². The Morgan fingerprint density at radius 3 is 2.74 bits per heavy atom. The zero-order valence-corrected chi connectivity index (χ0v) is 11.9. The minimum atomic E-state index is 0.0454. The molecule has 0 aliphatic rings. The van der Waals surface area contributed by atoms with Gasteiger partial charge in [0.2, 0.25) is 0 Å². The highest BCUT2D eigenvalue weighted by molar-refractivity contribution is 6.30. The summed E-state index contributed by atoms with van der Waals surface area (Å²) in [6, 6.07) is 13.5. The second-order valence-corrected chi connectivity index (χ2v) is 5.04. The van der Waals surface area contributed by atoms with E-state index >= 15 is 0 Å². The van der Waals surface area contributed by atoms with Crippen molar-refractivity contribution >= 4 is 11.6 Å². The van der Waals surface area contributed by atoms with Crippen LogP contribution in [0.15, 0.2) is 42.5 Å². The Bertz CT molecular complexity index is 568. The zero-order chi connectivity index (χ0) is 13.8. The molecule has 2 rings (SSSR count). The van der Waals surface area contributed by atoms with Crippen LogP contribution in [0.4, 0.5) is 0 Å². The van der Waals surface area contributed by atoms with Gasteiger partial charge in [0.1, 0.15) is 11.5 Å². The van der Waals surface area contributed by atoms with Crippen molar-refractivity contribution in [2.45, 2.75) is 26.3 Å². The van der Waals surface area contributed by atoms with E-state index in [0.29, 0.717) is 5.02 Å². The molecule has 1 atom stereocenters. The van der Waals surface area contributed by atoms with Crippen LogP contribution >= 0.6 is 11.6 Å². The highest BCUT2D eigenvalue weighted by atomic mass is 35.5. The monoisotopic (exact) mass is 275 g/mol. The minimum Gasteiger partial charge on any atom is -0.457 e. The first-order valence-corrected chi connectivity index (χ1v) is 6.77. The average molecular weight is 276 g/mol. The number of aryl methyl sites for hydroxylation is 1. The van der Waals surface area contributed by atoms with E-state index in [1.165, 1.54) is 0 Å². The lowest BCUT2D eigenvalue weighted by atomic mass is 10.1. The second kappa shape index (κ2) is 6.09. The first-order chi connectivity index (χ1) is 9.10. The van der Waals surface area contributed by atoms with Crippen LogP contribution in [-0.4, -0.2) is 0 Å². The quantitative estimate of drug-likeness (QED) is 0.866. The zero-order valence-electron chi connectivity index (χ0n) is 11.2. The summed E-state index contributed by atoms with van der Waals surface area (Å²) in [4.78, 5) is 0. The van der Waals surface area contributed by atoms with Crippen LogP contribution in [0.1, 0.15) is 30.5 Å². The van der Waals surface area contributed by atoms with Crippen molar-refractivity contribution in [1.82, 2.24) is 0 Å². The Hall–Kier alpha value is -1.51. The molecule has 2 aromatic carbocycles. The van der Waals surface area contributed by atoms with E-state index in [9.17, 15) is 0 Å². The van der Waals surface area contributed by atoms with Crippen molar-refractivity contribution in [2.24, 2.45) is 5.73 Å². The number of hydrogen-bond acceptors (Lipinski definition) is 2. The van der Waals surface area contributed by atoms with Crippen LogP contribution < -0.4 is 10.5 Å². The smallest absolute Gasteiger partial charge is 0.131 e. The Labute approximate surface area is 119 Å². The fraction of sp³-hybridized carbons (Fsp3) is 0.250. The van der Waals surface area contributed by atoms with Gasteiger partial charge >= 0.3 is 0 Å². The van der Waals surface area contributed by atoms with Crippen molar-refractivity contribution < 1.29 is 4.74 Å². The van der Waals surface area contributed by atoms with Gasteiger partial charge in [0, 0.05) is 11.1 Å². The predicted molar refractivity (Wildman–Crippen MR) is 79.9 cm³/mol. The van der Waals surface area contributed by atoms with Crippen LogP contribution in [0, 0.1) is 6.92 Å². The number of halogens is 1. The second-order valence-electron chi connectivity index (χ2n) is 4.60. The molecule has 0 aliphatic heterocycles. The molecule has 0 bridgehead atoms. The third-order valence-electron chi connectivity index (χ3n) is 3.10. The highest BCUT2D eigenvalue weighted by Crippen LogP contribution is 2.29. The third-order valence-corrected chi connectivity index (χ3v) is 3.34. The topological polar surface area (TPSA) is 35.2 Å². The van der Waals surface area contributed by atoms with Crippen molar-refractivity contribution in [3.05, 3.63) is 58.6 Å². The van der Waals surface area contributed by atoms with Crippen LogP contribution in [0.3, 0.4) is 0 Å². The summed E-state index contributed by atoms with van der Waals surface area (Å²) in [6.07, 6.45) is 0.902. The maximum absolute atomic E-state index is 6.03. The molecule has 2 nitrogen and oxygen atoms in total. The number of benzene rings is 2. The lowest BCUT2D eigenvalue weighted by Gasteiger charge is -2.13. The molecule has 2 aromatic rings. The van der Waals surface area contributed by atoms with Gasteiger partial charge in [0.05, 0.1) is 0 Å². The van der Waals surface area contributed by atoms with Gasteiger partial charge in [-0.15, -0.1) is 0 Å². The van der Waals surface area contributed by atoms with Gasteiger partial charge in [0.25, 0.3) is 0 Å². The largest absolute Gasteiger partial charge is 0.457 e. The van der Waals surface area contributed by atoms with Crippen molar-refractivity contribution in [3.8, 4) is 11.5 Å². The molecule has 0 aliphatic carbocycles. The van der Waals surface area contributed by atoms with Crippen LogP contribution in [0.25, 0.3) is 0 Å². The molecule has 100 valence electrons. The average Bonchev–Trinajstić information content (AvgIpc) is 2.42. The normalized spacial score (nSPS) is 12.2. The number of nitrogens with two attached hydrogens (primary N) is 1. The summed E-state index contributed by atoms with van der Waals surface area (Å²) in [7, 11) is 0. The van der Waals surface area contributed by atoms with Gasteiger partial charge in [-0.25, -0.2) is 0 Å². The van der Waals surface area contributed by atoms with E-state index in [4.69, 9.17) is 22.1 Å². The van der Waals surface area contributed by atoms with E-state index in [2.05, 4.69) is 6.92 Å². The molecule has 0 saturated heterocycles. The summed E-state index contributed by atoms with van der Waals surface area (Å²) < 4.78 is 5.89. The molecule has 0 saturated carbocycles. The van der Waals surface area contributed by atoms with E-state index < -0.39 is 0 Å². The third kappa shape index (κ3) is 3.49. The fourth-order valence-electron chi connectivity index (χ4n) is 1.86. The Balaban J connectivity index is 2.26. The van der Waals surface area contributed by atoms with Gasteiger partial charge in [-0.2, -0.15) is 0 Å². The first kappa shape index (κ1) is 13.9. The molecule has 19 heavy (non-hydrogen) atoms. The van der Waals surface area contributed by atoms with E-state index in [0.717, 1.165) is 29.0 Å². The lowest BCUT2D eigenvalue weighted by molar-refractivity contribution is 0.477. The maximum Gasteiger partial charge on any atom is 0.131 e. The highest BCUT2D eigenvalue weighted by Gasteiger charge is 2.06. The van der Waals surface area contributed by atoms with Gasteiger partial charge in [-0.3, -0.25) is 0 Å². The molecule has 0 radical (unpaired) electrons. The lowest BCUT2D eigenvalue weighted by Crippen LogP contribution is -2.08. The molecular formula is C16H18ClNO. The number of ether oxygens (including phenoxy) is 1. The molecule has 0 fully saturated rings. The van der Waals surface area contributed by atoms with Gasteiger partial charge in [-0.05, 0) is 48.7 Å². The molecule has 3 heteroatoms. The molecular weight excluding hydrogens is 258 g/mol. The van der Waals surface area contributed by atoms with E-state index in [1.54, 1.807) is 0 Å². The molecule has 0 spiro atoms. The molecule has 2 N–H and O–H groups in total. The fourth-order valence-corrected chi connectivity index (χ4v) is 2.02. The predicted octanol–water partition coefficient (Wildman–Crippen LogP) is 4.85. The van der Waals surface area contributed by atoms with Gasteiger partial charge in [-0.1, -0.05) is 36.7 Å². The van der Waals surface area contributed by atoms with Crippen molar-refractivity contribution in [1.29, 1.82) is 0 Å². The standard InChI is InChI=1S/C16H18ClNO/c1-3-15(18)12-5-4-6-14(9-12)19-16-10-13(17)8-7-11(16)2/h4-10,15H,3,18H2,1-2H3. The first-order valence-electron chi connectivity index (χ1n) is 6.39. The van der Waals surface area contributed by atoms with E-state index in [-0.39, 0.29) is 6.04 Å². The van der Waals surface area contributed by atoms with Crippen LogP contribution in [-0.2, 0) is 0 Å². The van der Waals surface area contributed by atoms with Gasteiger partial charge < -0.3 is 10.5 Å². The van der Waals surface area contributed by atoms with E-state index in [1.807, 2.05) is 49.4 Å². The number of hydrogen-bond donors (Lipinski definition) is 1. The summed E-state index contributed by atoms with van der Waals surface area (Å²) in [5.74, 6) is 1.56. The molecule has 0 heterocycles. The minimum absolute atomic E-state index is 0.0454. The van der Waals surface area contributed by atoms with Crippen molar-refractivity contribution in [3.63, 3.8) is 0 Å². The number of rotatable bonds is 4. The summed E-state index contributed by atoms with van der Waals surface area (Å²) in [5, 5.41) is 0.669. The van der Waals surface area contributed by atoms with Crippen LogP contribution in [0.5, 0.6) is 11.5 Å².